The number of thioether (sulfide) groups is 1. The molecule has 0 amide bonds. The predicted molar refractivity (Wildman–Crippen MR) is 62.6 cm³/mol. The summed E-state index contributed by atoms with van der Waals surface area (Å²) in [5.74, 6) is 6.70. The molecule has 0 aliphatic heterocycles. The molecule has 0 aliphatic rings. The van der Waals surface area contributed by atoms with E-state index in [1.165, 1.54) is 0 Å². The highest BCUT2D eigenvalue weighted by Gasteiger charge is 2.02. The summed E-state index contributed by atoms with van der Waals surface area (Å²) in [4.78, 5) is 8.25. The van der Waals surface area contributed by atoms with Gasteiger partial charge in [0.1, 0.15) is 12.1 Å². The fourth-order valence-corrected chi connectivity index (χ4v) is 1.98. The van der Waals surface area contributed by atoms with Crippen LogP contribution in [0, 0.1) is 0 Å². The van der Waals surface area contributed by atoms with Gasteiger partial charge in [-0.1, -0.05) is 17.8 Å². The first-order valence-corrected chi connectivity index (χ1v) is 5.66. The van der Waals surface area contributed by atoms with Gasteiger partial charge in [0.2, 0.25) is 0 Å². The molecule has 7 heteroatoms. The van der Waals surface area contributed by atoms with Crippen LogP contribution in [0.3, 0.4) is 0 Å². The van der Waals surface area contributed by atoms with Gasteiger partial charge in [0.05, 0.1) is 0 Å². The van der Waals surface area contributed by atoms with Crippen LogP contribution in [0.1, 0.15) is 5.56 Å². The van der Waals surface area contributed by atoms with Gasteiger partial charge in [-0.05, 0) is 11.6 Å². The Morgan fingerprint density at radius 2 is 2.31 bits per heavy atom. The number of nitrogen functional groups attached to an aromatic ring is 1. The minimum Gasteiger partial charge on any atom is -0.308 e. The molecule has 0 spiro atoms. The van der Waals surface area contributed by atoms with Gasteiger partial charge in [-0.25, -0.2) is 20.5 Å². The third-order valence-corrected chi connectivity index (χ3v) is 3.12. The number of pyridine rings is 1. The highest BCUT2D eigenvalue weighted by Crippen LogP contribution is 2.19. The monoisotopic (exact) mass is 236 g/mol. The zero-order valence-corrected chi connectivity index (χ0v) is 9.61. The van der Waals surface area contributed by atoms with Gasteiger partial charge in [0, 0.05) is 19.0 Å². The van der Waals surface area contributed by atoms with Gasteiger partial charge in [-0.3, -0.25) is 0 Å². The van der Waals surface area contributed by atoms with Crippen molar-refractivity contribution in [2.45, 2.75) is 10.9 Å². The van der Waals surface area contributed by atoms with Crippen molar-refractivity contribution < 1.29 is 0 Å². The molecule has 0 radical (unpaired) electrons. The van der Waals surface area contributed by atoms with Crippen LogP contribution in [0.15, 0.2) is 29.8 Å². The van der Waals surface area contributed by atoms with Crippen LogP contribution < -0.4 is 11.3 Å². The first kappa shape index (κ1) is 10.9. The van der Waals surface area contributed by atoms with E-state index in [1.807, 2.05) is 19.2 Å². The number of nitrogens with two attached hydrogens (primary N) is 1. The van der Waals surface area contributed by atoms with Crippen molar-refractivity contribution >= 4 is 17.6 Å². The van der Waals surface area contributed by atoms with Crippen molar-refractivity contribution in [3.8, 4) is 0 Å². The second-order valence-corrected chi connectivity index (χ2v) is 4.09. The highest BCUT2D eigenvalue weighted by molar-refractivity contribution is 7.98. The van der Waals surface area contributed by atoms with Crippen molar-refractivity contribution in [2.24, 2.45) is 12.9 Å². The zero-order chi connectivity index (χ0) is 11.4. The highest BCUT2D eigenvalue weighted by atomic mass is 32.2. The average Bonchev–Trinajstić information content (AvgIpc) is 2.73. The molecule has 0 saturated heterocycles. The molecule has 0 saturated carbocycles. The average molecular weight is 236 g/mol. The molecule has 2 aromatic rings. The Morgan fingerprint density at radius 1 is 1.44 bits per heavy atom. The van der Waals surface area contributed by atoms with Crippen molar-refractivity contribution in [1.82, 2.24) is 19.7 Å². The molecule has 16 heavy (non-hydrogen) atoms. The lowest BCUT2D eigenvalue weighted by Crippen LogP contribution is -2.08. The molecule has 0 aromatic carbocycles. The van der Waals surface area contributed by atoms with Gasteiger partial charge < -0.3 is 5.43 Å². The van der Waals surface area contributed by atoms with Crippen LogP contribution >= 0.6 is 11.8 Å². The minimum absolute atomic E-state index is 0.660. The molecule has 2 heterocycles. The zero-order valence-electron chi connectivity index (χ0n) is 8.79. The van der Waals surface area contributed by atoms with E-state index in [9.17, 15) is 0 Å². The number of hydrogen-bond acceptors (Lipinski definition) is 6. The Hall–Kier alpha value is -1.60. The summed E-state index contributed by atoms with van der Waals surface area (Å²) < 4.78 is 1.74. The first-order valence-electron chi connectivity index (χ1n) is 4.68. The van der Waals surface area contributed by atoms with Crippen LogP contribution in [-0.4, -0.2) is 19.7 Å². The first-order chi connectivity index (χ1) is 7.79. The molecule has 3 N–H and O–H groups in total. The maximum absolute atomic E-state index is 5.23. The lowest BCUT2D eigenvalue weighted by Gasteiger charge is -2.02. The van der Waals surface area contributed by atoms with E-state index >= 15 is 0 Å². The quantitative estimate of drug-likeness (QED) is 0.464. The number of aryl methyl sites for hydroxylation is 1. The van der Waals surface area contributed by atoms with E-state index < -0.39 is 0 Å². The normalized spacial score (nSPS) is 10.4. The fourth-order valence-electron chi connectivity index (χ4n) is 1.16. The molecule has 6 nitrogen and oxygen atoms in total. The van der Waals surface area contributed by atoms with Gasteiger partial charge >= 0.3 is 0 Å². The smallest absolute Gasteiger partial charge is 0.186 e. The lowest BCUT2D eigenvalue weighted by molar-refractivity contribution is 0.685. The third kappa shape index (κ3) is 2.50. The summed E-state index contributed by atoms with van der Waals surface area (Å²) in [6.07, 6.45) is 3.33. The maximum atomic E-state index is 5.23. The van der Waals surface area contributed by atoms with Gasteiger partial charge in [-0.2, -0.15) is 5.10 Å². The lowest BCUT2D eigenvalue weighted by atomic mass is 10.3. The third-order valence-electron chi connectivity index (χ3n) is 2.01. The van der Waals surface area contributed by atoms with Crippen molar-refractivity contribution in [3.63, 3.8) is 0 Å². The second-order valence-electron chi connectivity index (χ2n) is 3.15. The van der Waals surface area contributed by atoms with E-state index in [4.69, 9.17) is 5.84 Å². The number of nitrogens with zero attached hydrogens (tertiary/aromatic N) is 4. The van der Waals surface area contributed by atoms with E-state index in [0.717, 1.165) is 16.5 Å². The molecular formula is C9H12N6S. The standard InChI is InChI=1S/C9H12N6S/c1-15-9(12-6-13-15)16-5-7-2-3-8(14-10)11-4-7/h2-4,6H,5,10H2,1H3,(H,11,14). The van der Waals surface area contributed by atoms with Crippen LogP contribution in [-0.2, 0) is 12.8 Å². The topological polar surface area (TPSA) is 81.7 Å². The maximum Gasteiger partial charge on any atom is 0.186 e. The Labute approximate surface area is 97.2 Å². The molecule has 0 unspecified atom stereocenters. The molecule has 0 fully saturated rings. The largest absolute Gasteiger partial charge is 0.308 e. The molecule has 2 rings (SSSR count). The number of rotatable bonds is 4. The molecule has 2 aromatic heterocycles. The van der Waals surface area contributed by atoms with Crippen LogP contribution in [0.25, 0.3) is 0 Å². The van der Waals surface area contributed by atoms with E-state index in [1.54, 1.807) is 29.0 Å². The minimum atomic E-state index is 0.660. The van der Waals surface area contributed by atoms with E-state index in [2.05, 4.69) is 20.5 Å². The van der Waals surface area contributed by atoms with Crippen molar-refractivity contribution in [3.05, 3.63) is 30.2 Å². The summed E-state index contributed by atoms with van der Waals surface area (Å²) >= 11 is 1.62. The summed E-state index contributed by atoms with van der Waals surface area (Å²) in [6, 6.07) is 3.82. The van der Waals surface area contributed by atoms with Crippen molar-refractivity contribution in [1.29, 1.82) is 0 Å². The number of anilines is 1. The molecule has 84 valence electrons. The Bertz CT molecular complexity index is 451. The van der Waals surface area contributed by atoms with Crippen LogP contribution in [0.5, 0.6) is 0 Å². The van der Waals surface area contributed by atoms with Gasteiger partial charge in [0.25, 0.3) is 0 Å². The van der Waals surface area contributed by atoms with E-state index in [0.29, 0.717) is 5.82 Å². The van der Waals surface area contributed by atoms with Crippen molar-refractivity contribution in [2.75, 3.05) is 5.43 Å². The predicted octanol–water partition coefficient (Wildman–Crippen LogP) is 0.788. The molecule has 0 atom stereocenters. The fraction of sp³-hybridized carbons (Fsp3) is 0.222. The second kappa shape index (κ2) is 4.95. The SMILES string of the molecule is Cn1ncnc1SCc1ccc(NN)nc1. The molecule has 0 aliphatic carbocycles. The number of hydrogen-bond donors (Lipinski definition) is 2. The Morgan fingerprint density at radius 3 is 2.88 bits per heavy atom. The summed E-state index contributed by atoms with van der Waals surface area (Å²) in [5.41, 5.74) is 3.61. The Kier molecular flexibility index (Phi) is 3.37. The number of hydrazine groups is 1. The summed E-state index contributed by atoms with van der Waals surface area (Å²) in [6.45, 7) is 0. The van der Waals surface area contributed by atoms with Crippen LogP contribution in [0.4, 0.5) is 5.82 Å². The van der Waals surface area contributed by atoms with Gasteiger partial charge in [0.15, 0.2) is 5.16 Å². The van der Waals surface area contributed by atoms with E-state index in [-0.39, 0.29) is 0 Å². The van der Waals surface area contributed by atoms with Gasteiger partial charge in [-0.15, -0.1) is 0 Å². The van der Waals surface area contributed by atoms with Crippen LogP contribution in [0.2, 0.25) is 0 Å². The molecular weight excluding hydrogens is 224 g/mol. The molecule has 0 bridgehead atoms. The number of aromatic nitrogens is 4. The Balaban J connectivity index is 1.97. The summed E-state index contributed by atoms with van der Waals surface area (Å²) in [7, 11) is 1.87. The summed E-state index contributed by atoms with van der Waals surface area (Å²) in [5, 5.41) is 4.89. The number of nitrogens with one attached hydrogen (secondary N) is 1.